The molecule has 0 spiro atoms. The molecule has 416 valence electrons. The van der Waals surface area contributed by atoms with E-state index in [0.29, 0.717) is 16.9 Å². The molecule has 24 heteroatoms. The second-order valence-electron chi connectivity index (χ2n) is 19.9. The summed E-state index contributed by atoms with van der Waals surface area (Å²) in [6.45, 7) is 13.0. The van der Waals surface area contributed by atoms with E-state index in [9.17, 15) is 63.6 Å². The lowest BCUT2D eigenvalue weighted by atomic mass is 9.89. The van der Waals surface area contributed by atoms with Crippen molar-refractivity contribution >= 4 is 58.9 Å². The number of likely N-dealkylation sites (tertiary alicyclic amines) is 1. The molecular weight excluding hydrogens is 971 g/mol. The normalized spacial score (nSPS) is 23.0. The number of aliphatic hydroxyl groups is 4. The fourth-order valence-electron chi connectivity index (χ4n) is 8.61. The van der Waals surface area contributed by atoms with Crippen LogP contribution in [0, 0.1) is 23.7 Å². The summed E-state index contributed by atoms with van der Waals surface area (Å²) in [4.78, 5) is 122. The van der Waals surface area contributed by atoms with Crippen molar-refractivity contribution in [2.24, 2.45) is 23.7 Å². The number of methoxy groups -OCH3 is 1. The van der Waals surface area contributed by atoms with Crippen molar-refractivity contribution < 1.29 is 83.9 Å². The molecule has 2 fully saturated rings. The van der Waals surface area contributed by atoms with Gasteiger partial charge in [0.2, 0.25) is 41.4 Å². The first kappa shape index (κ1) is 60.9. The van der Waals surface area contributed by atoms with Crippen LogP contribution in [0.4, 0.5) is 10.5 Å². The zero-order valence-corrected chi connectivity index (χ0v) is 44.4. The predicted molar refractivity (Wildman–Crippen MR) is 265 cm³/mol. The molecule has 0 aliphatic carbocycles. The molecule has 0 bridgehead atoms. The molecule has 2 aliphatic heterocycles. The minimum absolute atomic E-state index is 0.0531. The number of nitrogens with one attached hydrogen (secondary N) is 4. The number of carbonyl (C=O) groups is 9. The van der Waals surface area contributed by atoms with Crippen molar-refractivity contribution in [3.05, 3.63) is 29.8 Å². The minimum atomic E-state index is -1.86. The van der Waals surface area contributed by atoms with Gasteiger partial charge in [-0.1, -0.05) is 73.9 Å². The van der Waals surface area contributed by atoms with Crippen LogP contribution in [0.15, 0.2) is 24.3 Å². The summed E-state index contributed by atoms with van der Waals surface area (Å²) in [6, 6.07) is 0.433. The molecule has 13 atom stereocenters. The lowest BCUT2D eigenvalue weighted by Crippen LogP contribution is -2.60. The van der Waals surface area contributed by atoms with Gasteiger partial charge in [0.15, 0.2) is 6.29 Å². The van der Waals surface area contributed by atoms with Crippen LogP contribution in [0.5, 0.6) is 0 Å². The van der Waals surface area contributed by atoms with Gasteiger partial charge in [-0.05, 0) is 48.3 Å². The number of hydrogen-bond donors (Lipinski definition) is 8. The van der Waals surface area contributed by atoms with Gasteiger partial charge in [-0.15, -0.1) is 0 Å². The highest BCUT2D eigenvalue weighted by Gasteiger charge is 2.45. The molecular formula is C50H79N7O17. The van der Waals surface area contributed by atoms with Crippen LogP contribution in [0.2, 0.25) is 0 Å². The van der Waals surface area contributed by atoms with Gasteiger partial charge in [-0.3, -0.25) is 48.2 Å². The number of amides is 8. The Morgan fingerprint density at radius 1 is 0.824 bits per heavy atom. The van der Waals surface area contributed by atoms with Gasteiger partial charge in [-0.25, -0.2) is 4.79 Å². The van der Waals surface area contributed by atoms with Crippen LogP contribution in [0.3, 0.4) is 0 Å². The van der Waals surface area contributed by atoms with Crippen LogP contribution >= 0.6 is 0 Å². The highest BCUT2D eigenvalue weighted by Crippen LogP contribution is 2.25. The molecule has 8 amide bonds. The van der Waals surface area contributed by atoms with Gasteiger partial charge in [0, 0.05) is 47.5 Å². The molecule has 24 nitrogen and oxygen atoms in total. The number of ether oxygens (including phenoxy) is 4. The summed E-state index contributed by atoms with van der Waals surface area (Å²) in [5, 5.41) is 51.1. The van der Waals surface area contributed by atoms with Crippen molar-refractivity contribution in [3.8, 4) is 0 Å². The number of Topliss-reactive ketones (excluding diaryl/α,β-unsaturated/α-hetero) is 1. The molecule has 3 rings (SSSR count). The standard InChI is InChI=1S/C50H79N7O17/c1-13-28(8)41(33(71-12)20-29(9)59)55(10)48(69)39(26(4)5)54-47(68)40(27(6)7)56(11)50(70)73-23-30-14-16-31(17-15-30)51-45(66)32(24-72-49-44(65)43(64)42(63)34(22-58)74-49)52-46(67)38(25(2)3)53-35(60)21-57-36(61)18-19-37(57)62/h14-17,25-28,32-34,38-44,49,58,63-65H,13,18-24H2,1-12H3,(H,51,66)(H,52,67)(H,53,60)(H,54,68)/t28-,32-,33+,34+,38-,39-,40-,41-,42+,43-,44+,49+/m0/s1/i18T/t18?,28-,32-,33+,34+,38-,39-,40-,41-,42+,43-,44+,49+. The fraction of sp³-hybridized carbons (Fsp3) is 0.700. The smallest absolute Gasteiger partial charge is 0.410 e. The summed E-state index contributed by atoms with van der Waals surface area (Å²) in [6.07, 6.45) is -10.9. The Kier molecular flexibility index (Phi) is 23.8. The number of likely N-dealkylation sites (N-methyl/N-ethyl adjacent to an activating group) is 2. The number of aliphatic hydroxyl groups excluding tert-OH is 4. The van der Waals surface area contributed by atoms with E-state index >= 15 is 0 Å². The minimum Gasteiger partial charge on any atom is -0.445 e. The Labute approximate surface area is 433 Å². The van der Waals surface area contributed by atoms with Gasteiger partial charge >= 0.3 is 6.09 Å². The molecule has 0 aromatic heterocycles. The average Bonchev–Trinajstić information content (AvgIpc) is 3.59. The Balaban J connectivity index is 1.75. The topological polar surface area (TPSA) is 329 Å². The van der Waals surface area contributed by atoms with Crippen LogP contribution in [0.1, 0.15) is 94.9 Å². The van der Waals surface area contributed by atoms with Crippen molar-refractivity contribution in [2.75, 3.05) is 46.3 Å². The monoisotopic (exact) mass is 1050 g/mol. The summed E-state index contributed by atoms with van der Waals surface area (Å²) in [5.41, 5.74) is 0.620. The zero-order valence-electron chi connectivity index (χ0n) is 45.4. The van der Waals surface area contributed by atoms with Crippen molar-refractivity contribution in [2.45, 2.75) is 162 Å². The fourth-order valence-corrected chi connectivity index (χ4v) is 8.61. The summed E-state index contributed by atoms with van der Waals surface area (Å²) in [7, 11) is 4.51. The molecule has 8 N–H and O–H groups in total. The summed E-state index contributed by atoms with van der Waals surface area (Å²) in [5.74, 6) is -6.86. The largest absolute Gasteiger partial charge is 0.445 e. The maximum absolute atomic E-state index is 14.1. The first-order chi connectivity index (χ1) is 35.1. The third-order valence-corrected chi connectivity index (χ3v) is 13.1. The lowest BCUT2D eigenvalue weighted by molar-refractivity contribution is -0.301. The number of rotatable bonds is 27. The first-order valence-electron chi connectivity index (χ1n) is 25.3. The summed E-state index contributed by atoms with van der Waals surface area (Å²) >= 11 is 0. The van der Waals surface area contributed by atoms with E-state index in [1.807, 2.05) is 13.8 Å². The maximum atomic E-state index is 14.1. The van der Waals surface area contributed by atoms with E-state index in [2.05, 4.69) is 21.3 Å². The molecule has 0 radical (unpaired) electrons. The zero-order chi connectivity index (χ0) is 56.8. The Hall–Kier alpha value is -5.63. The van der Waals surface area contributed by atoms with Gasteiger partial charge in [0.1, 0.15) is 67.5 Å². The molecule has 1 aromatic rings. The number of nitrogens with zero attached hydrogens (tertiary/aromatic N) is 3. The second kappa shape index (κ2) is 28.9. The molecule has 2 aliphatic rings. The van der Waals surface area contributed by atoms with E-state index in [1.165, 1.54) is 50.2 Å². The first-order valence-corrected chi connectivity index (χ1v) is 24.8. The number of benzene rings is 1. The van der Waals surface area contributed by atoms with E-state index in [-0.39, 0.29) is 42.2 Å². The van der Waals surface area contributed by atoms with E-state index < -0.39 is 153 Å². The number of ketones is 1. The quantitative estimate of drug-likeness (QED) is 0.0530. The number of imide groups is 1. The van der Waals surface area contributed by atoms with Gasteiger partial charge in [-0.2, -0.15) is 0 Å². The average molecular weight is 1050 g/mol. The third-order valence-electron chi connectivity index (χ3n) is 13.1. The van der Waals surface area contributed by atoms with Gasteiger partial charge in [0.25, 0.3) is 0 Å². The van der Waals surface area contributed by atoms with E-state index in [0.717, 1.165) is 4.90 Å². The number of hydrogen-bond acceptors (Lipinski definition) is 17. The predicted octanol–water partition coefficient (Wildman–Crippen LogP) is -0.183. The van der Waals surface area contributed by atoms with E-state index in [4.69, 9.17) is 20.3 Å². The molecule has 1 unspecified atom stereocenters. The van der Waals surface area contributed by atoms with Crippen LogP contribution in [0.25, 0.3) is 0 Å². The SMILES string of the molecule is [3H]C1CC(=O)N(CC(=O)N[C@H](C(=O)N[C@@H](CO[C@@H]2O[C@H](CO)[C@@H](O)[C@H](O)[C@H]2O)C(=O)Nc2ccc(COC(=O)N(C)[C@H](C(=O)N[C@H](C(=O)N(C)[C@@H]([C@@H](C)CC)[C@@H](CC(C)=O)OC)C(C)C)C(C)C)cc2)C(C)C)C1=O. The van der Waals surface area contributed by atoms with Crippen LogP contribution in [-0.4, -0.2) is 196 Å². The lowest BCUT2D eigenvalue weighted by Gasteiger charge is -2.40. The number of carbonyl (C=O) groups excluding carboxylic acids is 9. The highest BCUT2D eigenvalue weighted by molar-refractivity contribution is 6.05. The molecule has 2 heterocycles. The van der Waals surface area contributed by atoms with Crippen molar-refractivity contribution in [3.63, 3.8) is 0 Å². The van der Waals surface area contributed by atoms with Crippen molar-refractivity contribution in [1.82, 2.24) is 30.7 Å². The Morgan fingerprint density at radius 3 is 1.96 bits per heavy atom. The van der Waals surface area contributed by atoms with Crippen LogP contribution in [-0.2, 0) is 63.9 Å². The highest BCUT2D eigenvalue weighted by atomic mass is 16.7. The molecule has 74 heavy (non-hydrogen) atoms. The molecule has 0 saturated carbocycles. The van der Waals surface area contributed by atoms with E-state index in [1.54, 1.807) is 48.6 Å². The Bertz CT molecular complexity index is 2150. The molecule has 1 aromatic carbocycles. The van der Waals surface area contributed by atoms with Crippen LogP contribution < -0.4 is 21.3 Å². The maximum Gasteiger partial charge on any atom is 0.410 e. The molecule has 2 saturated heterocycles. The van der Waals surface area contributed by atoms with Crippen molar-refractivity contribution in [1.29, 1.82) is 0 Å². The Morgan fingerprint density at radius 2 is 1.45 bits per heavy atom. The van der Waals surface area contributed by atoms with Gasteiger partial charge in [0.05, 0.1) is 25.4 Å². The summed E-state index contributed by atoms with van der Waals surface area (Å²) < 4.78 is 30.0. The third kappa shape index (κ3) is 16.9. The van der Waals surface area contributed by atoms with Gasteiger partial charge < -0.3 is 65.5 Å². The number of anilines is 1. The second-order valence-corrected chi connectivity index (χ2v) is 19.9.